The van der Waals surface area contributed by atoms with Crippen molar-refractivity contribution in [2.45, 2.75) is 31.3 Å². The highest BCUT2D eigenvalue weighted by molar-refractivity contribution is 7.89. The van der Waals surface area contributed by atoms with Gasteiger partial charge in [-0.15, -0.1) is 0 Å². The van der Waals surface area contributed by atoms with E-state index in [0.29, 0.717) is 41.1 Å². The second kappa shape index (κ2) is 8.89. The SMILES string of the molecule is CC(=O)N1C[C@@H](C)Oc2ccc(S(=O)(=O)NCCc3nc(-c4ccc(Cl)cc4)n[nH]3)cc21. The summed E-state index contributed by atoms with van der Waals surface area (Å²) in [5.74, 6) is 1.36. The van der Waals surface area contributed by atoms with Crippen LogP contribution >= 0.6 is 11.6 Å². The quantitative estimate of drug-likeness (QED) is 0.566. The molecule has 0 fully saturated rings. The molecule has 2 heterocycles. The Morgan fingerprint density at radius 1 is 1.28 bits per heavy atom. The van der Waals surface area contributed by atoms with Gasteiger partial charge in [0, 0.05) is 30.5 Å². The number of ether oxygens (including phenoxy) is 1. The minimum absolute atomic E-state index is 0.0556. The molecule has 0 spiro atoms. The lowest BCUT2D eigenvalue weighted by Gasteiger charge is -2.33. The summed E-state index contributed by atoms with van der Waals surface area (Å²) in [7, 11) is -3.80. The molecular weight excluding hydrogens is 454 g/mol. The summed E-state index contributed by atoms with van der Waals surface area (Å²) in [6.07, 6.45) is 0.150. The van der Waals surface area contributed by atoms with Crippen LogP contribution in [0.25, 0.3) is 11.4 Å². The maximum atomic E-state index is 12.8. The number of fused-ring (bicyclic) bond motifs is 1. The van der Waals surface area contributed by atoms with Crippen molar-refractivity contribution >= 4 is 33.2 Å². The van der Waals surface area contributed by atoms with Crippen molar-refractivity contribution < 1.29 is 17.9 Å². The van der Waals surface area contributed by atoms with Gasteiger partial charge in [-0.3, -0.25) is 9.89 Å². The van der Waals surface area contributed by atoms with Crippen molar-refractivity contribution in [2.24, 2.45) is 0 Å². The van der Waals surface area contributed by atoms with Crippen molar-refractivity contribution in [2.75, 3.05) is 18.0 Å². The number of aromatic nitrogens is 3. The van der Waals surface area contributed by atoms with E-state index in [1.54, 1.807) is 18.2 Å². The molecule has 0 radical (unpaired) electrons. The van der Waals surface area contributed by atoms with Crippen molar-refractivity contribution in [3.8, 4) is 17.1 Å². The standard InChI is InChI=1S/C21H22ClN5O4S/c1-13-12-27(14(2)28)18-11-17(7-8-19(18)31-13)32(29,30)23-10-9-20-24-21(26-25-20)15-3-5-16(22)6-4-15/h3-8,11,13,23H,9-10,12H2,1-2H3,(H,24,25,26)/t13-/m1/s1. The molecule has 2 N–H and O–H groups in total. The number of sulfonamides is 1. The monoisotopic (exact) mass is 475 g/mol. The number of nitrogens with zero attached hydrogens (tertiary/aromatic N) is 3. The smallest absolute Gasteiger partial charge is 0.240 e. The van der Waals surface area contributed by atoms with Gasteiger partial charge in [0.25, 0.3) is 0 Å². The molecule has 3 aromatic rings. The first-order chi connectivity index (χ1) is 15.2. The molecule has 2 aromatic carbocycles. The van der Waals surface area contributed by atoms with Crippen LogP contribution < -0.4 is 14.4 Å². The number of rotatable bonds is 6. The van der Waals surface area contributed by atoms with Crippen LogP contribution in [-0.4, -0.2) is 48.7 Å². The van der Waals surface area contributed by atoms with Crippen LogP contribution in [0.4, 0.5) is 5.69 Å². The summed E-state index contributed by atoms with van der Waals surface area (Å²) in [5.41, 5.74) is 1.25. The summed E-state index contributed by atoms with van der Waals surface area (Å²) in [6, 6.07) is 11.6. The fourth-order valence-corrected chi connectivity index (χ4v) is 4.58. The Kier molecular flexibility index (Phi) is 6.18. The summed E-state index contributed by atoms with van der Waals surface area (Å²) in [4.78, 5) is 18.0. The third-order valence-electron chi connectivity index (χ3n) is 4.97. The fraction of sp³-hybridized carbons (Fsp3) is 0.286. The molecule has 1 aliphatic rings. The Labute approximate surface area is 190 Å². The van der Waals surface area contributed by atoms with E-state index >= 15 is 0 Å². The fourth-order valence-electron chi connectivity index (χ4n) is 3.40. The highest BCUT2D eigenvalue weighted by Gasteiger charge is 2.27. The molecule has 4 rings (SSSR count). The second-order valence-electron chi connectivity index (χ2n) is 7.45. The lowest BCUT2D eigenvalue weighted by atomic mass is 10.2. The van der Waals surface area contributed by atoms with Crippen LogP contribution in [-0.2, 0) is 21.2 Å². The minimum atomic E-state index is -3.80. The van der Waals surface area contributed by atoms with Gasteiger partial charge in [-0.25, -0.2) is 18.1 Å². The maximum absolute atomic E-state index is 12.8. The van der Waals surface area contributed by atoms with Crippen LogP contribution in [0.5, 0.6) is 5.75 Å². The Morgan fingerprint density at radius 2 is 2.03 bits per heavy atom. The van der Waals surface area contributed by atoms with Crippen LogP contribution in [0.15, 0.2) is 47.4 Å². The largest absolute Gasteiger partial charge is 0.487 e. The average molecular weight is 476 g/mol. The average Bonchev–Trinajstić information content (AvgIpc) is 3.22. The number of benzene rings is 2. The lowest BCUT2D eigenvalue weighted by Crippen LogP contribution is -2.41. The van der Waals surface area contributed by atoms with E-state index in [-0.39, 0.29) is 23.5 Å². The summed E-state index contributed by atoms with van der Waals surface area (Å²) >= 11 is 5.89. The highest BCUT2D eigenvalue weighted by Crippen LogP contribution is 2.35. The zero-order valence-electron chi connectivity index (χ0n) is 17.5. The third-order valence-corrected chi connectivity index (χ3v) is 6.68. The molecule has 0 unspecified atom stereocenters. The highest BCUT2D eigenvalue weighted by atomic mass is 35.5. The summed E-state index contributed by atoms with van der Waals surface area (Å²) in [5, 5.41) is 7.60. The molecule has 1 amide bonds. The second-order valence-corrected chi connectivity index (χ2v) is 9.65. The number of hydrogen-bond donors (Lipinski definition) is 2. The van der Waals surface area contributed by atoms with E-state index in [9.17, 15) is 13.2 Å². The molecule has 9 nitrogen and oxygen atoms in total. The first-order valence-electron chi connectivity index (χ1n) is 9.98. The topological polar surface area (TPSA) is 117 Å². The lowest BCUT2D eigenvalue weighted by molar-refractivity contribution is -0.117. The van der Waals surface area contributed by atoms with Crippen molar-refractivity contribution in [1.82, 2.24) is 19.9 Å². The Morgan fingerprint density at radius 3 is 2.75 bits per heavy atom. The third kappa shape index (κ3) is 4.77. The zero-order chi connectivity index (χ0) is 22.9. The molecule has 0 aliphatic carbocycles. The Hall–Kier alpha value is -2.95. The van der Waals surface area contributed by atoms with E-state index < -0.39 is 10.0 Å². The number of halogens is 1. The first-order valence-corrected chi connectivity index (χ1v) is 11.8. The molecule has 1 atom stereocenters. The van der Waals surface area contributed by atoms with Gasteiger partial charge < -0.3 is 9.64 Å². The normalized spacial score (nSPS) is 15.8. The number of amides is 1. The number of carbonyl (C=O) groups is 1. The molecule has 0 saturated heterocycles. The van der Waals surface area contributed by atoms with E-state index in [0.717, 1.165) is 5.56 Å². The number of hydrogen-bond acceptors (Lipinski definition) is 6. The van der Waals surface area contributed by atoms with E-state index in [1.807, 2.05) is 19.1 Å². The number of H-pyrrole nitrogens is 1. The maximum Gasteiger partial charge on any atom is 0.240 e. The number of aromatic amines is 1. The minimum Gasteiger partial charge on any atom is -0.487 e. The molecule has 1 aromatic heterocycles. The van der Waals surface area contributed by atoms with Gasteiger partial charge >= 0.3 is 0 Å². The molecule has 32 heavy (non-hydrogen) atoms. The molecule has 0 bridgehead atoms. The Bertz CT molecular complexity index is 1240. The van der Waals surface area contributed by atoms with Gasteiger partial charge in [0.05, 0.1) is 17.1 Å². The first kappa shape index (κ1) is 22.3. The van der Waals surface area contributed by atoms with Gasteiger partial charge in [0.15, 0.2) is 5.82 Å². The molecule has 11 heteroatoms. The van der Waals surface area contributed by atoms with Crippen molar-refractivity contribution in [3.63, 3.8) is 0 Å². The molecular formula is C21H22ClN5O4S. The van der Waals surface area contributed by atoms with Crippen LogP contribution in [0.1, 0.15) is 19.7 Å². The number of nitrogens with one attached hydrogen (secondary N) is 2. The van der Waals surface area contributed by atoms with Gasteiger partial charge in [-0.05, 0) is 49.4 Å². The predicted molar refractivity (Wildman–Crippen MR) is 120 cm³/mol. The summed E-state index contributed by atoms with van der Waals surface area (Å²) in [6.45, 7) is 3.78. The van der Waals surface area contributed by atoms with E-state index in [4.69, 9.17) is 16.3 Å². The predicted octanol–water partition coefficient (Wildman–Crippen LogP) is 2.78. The zero-order valence-corrected chi connectivity index (χ0v) is 19.1. The van der Waals surface area contributed by atoms with Crippen molar-refractivity contribution in [1.29, 1.82) is 0 Å². The Balaban J connectivity index is 1.44. The summed E-state index contributed by atoms with van der Waals surface area (Å²) < 4.78 is 33.9. The van der Waals surface area contributed by atoms with Gasteiger partial charge in [-0.1, -0.05) is 11.6 Å². The van der Waals surface area contributed by atoms with Crippen molar-refractivity contribution in [3.05, 3.63) is 53.3 Å². The van der Waals surface area contributed by atoms with Gasteiger partial charge in [-0.2, -0.15) is 5.10 Å². The van der Waals surface area contributed by atoms with Crippen LogP contribution in [0.3, 0.4) is 0 Å². The van der Waals surface area contributed by atoms with Crippen LogP contribution in [0.2, 0.25) is 5.02 Å². The number of anilines is 1. The van der Waals surface area contributed by atoms with E-state index in [2.05, 4.69) is 19.9 Å². The molecule has 1 aliphatic heterocycles. The van der Waals surface area contributed by atoms with E-state index in [1.165, 1.54) is 24.0 Å². The van der Waals surface area contributed by atoms with Crippen LogP contribution in [0, 0.1) is 0 Å². The number of carbonyl (C=O) groups excluding carboxylic acids is 1. The molecule has 168 valence electrons. The van der Waals surface area contributed by atoms with Gasteiger partial charge in [0.1, 0.15) is 17.7 Å². The molecule has 0 saturated carbocycles. The van der Waals surface area contributed by atoms with Gasteiger partial charge in [0.2, 0.25) is 15.9 Å².